The van der Waals surface area contributed by atoms with Gasteiger partial charge in [0.05, 0.1) is 21.1 Å². The molecule has 0 aliphatic rings. The minimum absolute atomic E-state index is 0.0877. The predicted octanol–water partition coefficient (Wildman–Crippen LogP) is 5.07. The number of nitro groups is 1. The van der Waals surface area contributed by atoms with Crippen molar-refractivity contribution in [3.05, 3.63) is 75.3 Å². The van der Waals surface area contributed by atoms with Gasteiger partial charge in [-0.05, 0) is 24.3 Å². The van der Waals surface area contributed by atoms with Crippen LogP contribution in [0.3, 0.4) is 0 Å². The Morgan fingerprint density at radius 1 is 1.24 bits per heavy atom. The lowest BCUT2D eigenvalue weighted by Gasteiger charge is -2.16. The molecular formula is C16H11ClF3NO4. The van der Waals surface area contributed by atoms with Gasteiger partial charge in [-0.25, -0.2) is 0 Å². The molecule has 0 fully saturated rings. The van der Waals surface area contributed by atoms with Crippen LogP contribution in [0.25, 0.3) is 0 Å². The number of hydrogen-bond donors (Lipinski definition) is 0. The van der Waals surface area contributed by atoms with E-state index in [1.807, 2.05) is 0 Å². The highest BCUT2D eigenvalue weighted by molar-refractivity contribution is 6.32. The first-order valence-corrected chi connectivity index (χ1v) is 7.17. The second kappa shape index (κ2) is 7.71. The van der Waals surface area contributed by atoms with Crippen LogP contribution in [0.2, 0.25) is 5.02 Å². The topological polar surface area (TPSA) is 61.6 Å². The van der Waals surface area contributed by atoms with Crippen molar-refractivity contribution in [2.45, 2.75) is 12.3 Å². The molecule has 0 saturated heterocycles. The van der Waals surface area contributed by atoms with Crippen molar-refractivity contribution in [2.24, 2.45) is 0 Å². The zero-order valence-corrected chi connectivity index (χ0v) is 13.5. The fraction of sp³-hybridized carbons (Fsp3) is 0.188. The highest BCUT2D eigenvalue weighted by atomic mass is 35.5. The molecule has 0 amide bonds. The van der Waals surface area contributed by atoms with Crippen molar-refractivity contribution in [2.75, 3.05) is 7.11 Å². The molecule has 1 unspecified atom stereocenters. The number of halogens is 4. The van der Waals surface area contributed by atoms with E-state index in [0.717, 1.165) is 12.1 Å². The van der Waals surface area contributed by atoms with Gasteiger partial charge in [-0.3, -0.25) is 10.1 Å². The number of ether oxygens (including phenoxy) is 2. The zero-order valence-electron chi connectivity index (χ0n) is 12.7. The smallest absolute Gasteiger partial charge is 0.416 e. The molecule has 2 radical (unpaired) electrons. The van der Waals surface area contributed by atoms with Crippen LogP contribution in [0.15, 0.2) is 42.5 Å². The van der Waals surface area contributed by atoms with E-state index < -0.39 is 22.8 Å². The highest BCUT2D eigenvalue weighted by Gasteiger charge is 2.31. The molecule has 25 heavy (non-hydrogen) atoms. The number of hydrogen-bond acceptors (Lipinski definition) is 4. The third-order valence-electron chi connectivity index (χ3n) is 3.19. The fourth-order valence-electron chi connectivity index (χ4n) is 1.99. The number of alkyl halides is 3. The van der Waals surface area contributed by atoms with Gasteiger partial charge in [0.25, 0.3) is 5.69 Å². The molecule has 0 N–H and O–H groups in total. The lowest BCUT2D eigenvalue weighted by atomic mass is 10.1. The van der Waals surface area contributed by atoms with Gasteiger partial charge in [-0.15, -0.1) is 0 Å². The van der Waals surface area contributed by atoms with Crippen LogP contribution in [0, 0.1) is 16.7 Å². The average Bonchev–Trinajstić information content (AvgIpc) is 2.56. The van der Waals surface area contributed by atoms with E-state index in [2.05, 4.69) is 6.61 Å². The van der Waals surface area contributed by atoms with Crippen LogP contribution in [0.1, 0.15) is 17.2 Å². The van der Waals surface area contributed by atoms with Gasteiger partial charge in [-0.1, -0.05) is 23.7 Å². The standard InChI is InChI=1S/C16H11ClF3NO4/c1-24-15(11-4-2-3-5-13(11)21(22)23)9-25-14-7-6-10(8-12(14)17)16(18,19)20/h2-8,15H,1H3. The first-order valence-electron chi connectivity index (χ1n) is 6.79. The summed E-state index contributed by atoms with van der Waals surface area (Å²) in [5, 5.41) is 10.8. The Morgan fingerprint density at radius 2 is 1.92 bits per heavy atom. The summed E-state index contributed by atoms with van der Waals surface area (Å²) in [6.07, 6.45) is -5.57. The molecule has 5 nitrogen and oxygen atoms in total. The van der Waals surface area contributed by atoms with Crippen molar-refractivity contribution in [1.82, 2.24) is 0 Å². The molecular weight excluding hydrogens is 363 g/mol. The summed E-state index contributed by atoms with van der Waals surface area (Å²) in [5.41, 5.74) is -0.950. The molecule has 0 aliphatic carbocycles. The summed E-state index contributed by atoms with van der Waals surface area (Å²) in [5.74, 6) is -0.0877. The van der Waals surface area contributed by atoms with Gasteiger partial charge in [0.1, 0.15) is 11.9 Å². The number of benzene rings is 2. The van der Waals surface area contributed by atoms with Crippen molar-refractivity contribution >= 4 is 17.3 Å². The largest absolute Gasteiger partial charge is 0.473 e. The Kier molecular flexibility index (Phi) is 5.86. The van der Waals surface area contributed by atoms with Crippen molar-refractivity contribution in [3.63, 3.8) is 0 Å². The molecule has 0 bridgehead atoms. The summed E-state index contributed by atoms with van der Waals surface area (Å²) in [6, 6.07) is 8.35. The highest BCUT2D eigenvalue weighted by Crippen LogP contribution is 2.36. The first kappa shape index (κ1) is 19.0. The Morgan fingerprint density at radius 3 is 2.48 bits per heavy atom. The lowest BCUT2D eigenvalue weighted by molar-refractivity contribution is -0.386. The van der Waals surface area contributed by atoms with E-state index >= 15 is 0 Å². The Hall–Kier alpha value is -2.32. The maximum atomic E-state index is 12.6. The average molecular weight is 374 g/mol. The molecule has 2 aromatic rings. The van der Waals surface area contributed by atoms with E-state index in [1.54, 1.807) is 6.07 Å². The van der Waals surface area contributed by atoms with E-state index in [9.17, 15) is 23.3 Å². The Balaban J connectivity index is 2.18. The van der Waals surface area contributed by atoms with Crippen molar-refractivity contribution < 1.29 is 27.6 Å². The predicted molar refractivity (Wildman–Crippen MR) is 83.2 cm³/mol. The number of nitro benzene ring substituents is 1. The minimum atomic E-state index is -4.53. The summed E-state index contributed by atoms with van der Waals surface area (Å²) in [7, 11) is 1.28. The fourth-order valence-corrected chi connectivity index (χ4v) is 2.21. The van der Waals surface area contributed by atoms with Crippen LogP contribution in [0.4, 0.5) is 18.9 Å². The van der Waals surface area contributed by atoms with E-state index in [4.69, 9.17) is 21.1 Å². The maximum absolute atomic E-state index is 12.6. The van der Waals surface area contributed by atoms with Gasteiger partial charge in [-0.2, -0.15) is 13.2 Å². The molecule has 0 aromatic heterocycles. The number of methoxy groups -OCH3 is 1. The van der Waals surface area contributed by atoms with E-state index in [-0.39, 0.29) is 22.0 Å². The van der Waals surface area contributed by atoms with Crippen molar-refractivity contribution in [3.8, 4) is 5.75 Å². The zero-order chi connectivity index (χ0) is 18.6. The SMILES string of the molecule is COC([C]Oc1ccc(C(F)(F)F)cc1Cl)c1ccccc1[N+](=O)[O-]. The Labute approximate surface area is 146 Å². The van der Waals surface area contributed by atoms with E-state index in [0.29, 0.717) is 6.07 Å². The lowest BCUT2D eigenvalue weighted by Crippen LogP contribution is -2.10. The van der Waals surface area contributed by atoms with Crippen LogP contribution < -0.4 is 4.74 Å². The van der Waals surface area contributed by atoms with Gasteiger partial charge in [0, 0.05) is 13.2 Å². The monoisotopic (exact) mass is 373 g/mol. The van der Waals surface area contributed by atoms with Crippen LogP contribution in [-0.4, -0.2) is 12.0 Å². The molecule has 1 atom stereocenters. The van der Waals surface area contributed by atoms with Crippen LogP contribution in [0.5, 0.6) is 5.75 Å². The summed E-state index contributed by atoms with van der Waals surface area (Å²) >= 11 is 5.78. The minimum Gasteiger partial charge on any atom is -0.473 e. The summed E-state index contributed by atoms with van der Waals surface area (Å²) in [6.45, 7) is 2.40. The number of para-hydroxylation sites is 1. The maximum Gasteiger partial charge on any atom is 0.416 e. The Bertz CT molecular complexity index is 767. The molecule has 0 heterocycles. The van der Waals surface area contributed by atoms with Crippen molar-refractivity contribution in [1.29, 1.82) is 0 Å². The third-order valence-corrected chi connectivity index (χ3v) is 3.48. The summed E-state index contributed by atoms with van der Waals surface area (Å²) < 4.78 is 48.1. The normalized spacial score (nSPS) is 12.7. The quantitative estimate of drug-likeness (QED) is 0.523. The number of rotatable bonds is 6. The van der Waals surface area contributed by atoms with Crippen LogP contribution in [-0.2, 0) is 10.9 Å². The first-order chi connectivity index (χ1) is 11.7. The molecule has 2 rings (SSSR count). The molecule has 0 spiro atoms. The molecule has 132 valence electrons. The van der Waals surface area contributed by atoms with Gasteiger partial charge < -0.3 is 9.47 Å². The second-order valence-electron chi connectivity index (χ2n) is 4.79. The summed E-state index contributed by atoms with van der Waals surface area (Å²) in [4.78, 5) is 10.5. The van der Waals surface area contributed by atoms with Gasteiger partial charge in [0.2, 0.25) is 6.61 Å². The molecule has 2 aromatic carbocycles. The molecule has 9 heteroatoms. The third kappa shape index (κ3) is 4.61. The van der Waals surface area contributed by atoms with E-state index in [1.165, 1.54) is 25.3 Å². The second-order valence-corrected chi connectivity index (χ2v) is 5.20. The number of nitrogens with zero attached hydrogens (tertiary/aromatic N) is 1. The van der Waals surface area contributed by atoms with Gasteiger partial charge >= 0.3 is 6.18 Å². The molecule has 0 aliphatic heterocycles. The van der Waals surface area contributed by atoms with Crippen LogP contribution >= 0.6 is 11.6 Å². The van der Waals surface area contributed by atoms with Gasteiger partial charge in [0.15, 0.2) is 0 Å². The molecule has 0 saturated carbocycles.